The van der Waals surface area contributed by atoms with E-state index in [1.54, 1.807) is 19.2 Å². The second-order valence-electron chi connectivity index (χ2n) is 5.91. The summed E-state index contributed by atoms with van der Waals surface area (Å²) in [4.78, 5) is 16.8. The molecule has 2 rings (SSSR count). The Balaban J connectivity index is 2.24. The highest BCUT2D eigenvalue weighted by Gasteiger charge is 2.25. The van der Waals surface area contributed by atoms with Crippen molar-refractivity contribution in [3.63, 3.8) is 0 Å². The van der Waals surface area contributed by atoms with Crippen molar-refractivity contribution in [2.45, 2.75) is 31.7 Å². The summed E-state index contributed by atoms with van der Waals surface area (Å²) in [7, 11) is 6.07. The molecule has 25 heavy (non-hydrogen) atoms. The van der Waals surface area contributed by atoms with Gasteiger partial charge in [-0.05, 0) is 67.8 Å². The Labute approximate surface area is 167 Å². The molecular weight excluding hydrogens is 446 g/mol. The van der Waals surface area contributed by atoms with E-state index in [1.165, 1.54) is 11.8 Å². The molecule has 0 fully saturated rings. The lowest BCUT2D eigenvalue weighted by atomic mass is 9.93. The van der Waals surface area contributed by atoms with Gasteiger partial charge < -0.3 is 10.1 Å². The Kier molecular flexibility index (Phi) is 6.63. The number of hydrogen-bond acceptors (Lipinski definition) is 4. The summed E-state index contributed by atoms with van der Waals surface area (Å²) < 4.78 is 6.87. The molecule has 0 aliphatic heterocycles. The lowest BCUT2D eigenvalue weighted by Gasteiger charge is -2.24. The molecule has 1 unspecified atom stereocenters. The number of benzene rings is 1. The molecule has 7 heteroatoms. The first-order valence-corrected chi connectivity index (χ1v) is 9.92. The summed E-state index contributed by atoms with van der Waals surface area (Å²) in [5.41, 5.74) is -0.0878. The first-order valence-electron chi connectivity index (χ1n) is 7.56. The third-order valence-electron chi connectivity index (χ3n) is 3.30. The second-order valence-corrected chi connectivity index (χ2v) is 8.06. The van der Waals surface area contributed by atoms with E-state index in [1.807, 2.05) is 32.2 Å². The minimum atomic E-state index is -0.703. The average molecular weight is 464 g/mol. The van der Waals surface area contributed by atoms with Crippen LogP contribution in [0.25, 0.3) is 10.9 Å². The molecule has 1 N–H and O–H groups in total. The van der Waals surface area contributed by atoms with Crippen LogP contribution in [0.1, 0.15) is 20.8 Å². The van der Waals surface area contributed by atoms with Gasteiger partial charge in [-0.3, -0.25) is 9.78 Å². The topological polar surface area (TPSA) is 51.2 Å². The molecule has 1 aromatic carbocycles. The maximum atomic E-state index is 12.5. The first-order chi connectivity index (χ1) is 11.8. The van der Waals surface area contributed by atoms with Crippen LogP contribution in [0.4, 0.5) is 0 Å². The molecule has 0 aliphatic rings. The van der Waals surface area contributed by atoms with E-state index < -0.39 is 11.0 Å². The van der Waals surface area contributed by atoms with Gasteiger partial charge in [-0.2, -0.15) is 0 Å². The molecule has 1 amide bonds. The number of pyridine rings is 1. The molecule has 0 saturated carbocycles. The Morgan fingerprint density at radius 1 is 1.44 bits per heavy atom. The number of halogens is 1. The van der Waals surface area contributed by atoms with Crippen molar-refractivity contribution < 1.29 is 9.53 Å². The highest BCUT2D eigenvalue weighted by atomic mass is 127. The molecule has 4 nitrogen and oxygen atoms in total. The fourth-order valence-corrected chi connectivity index (χ4v) is 3.29. The molecule has 1 atom stereocenters. The Morgan fingerprint density at radius 3 is 2.80 bits per heavy atom. The number of ether oxygens (including phenoxy) is 1. The van der Waals surface area contributed by atoms with E-state index in [0.717, 1.165) is 14.5 Å². The van der Waals surface area contributed by atoms with Crippen molar-refractivity contribution in [2.24, 2.45) is 0 Å². The zero-order valence-electron chi connectivity index (χ0n) is 14.5. The quantitative estimate of drug-likeness (QED) is 0.320. The van der Waals surface area contributed by atoms with Crippen LogP contribution in [0.5, 0.6) is 5.75 Å². The van der Waals surface area contributed by atoms with Crippen molar-refractivity contribution >= 4 is 64.5 Å². The number of nitrogens with zero attached hydrogens (tertiary/aromatic N) is 1. The molecule has 128 valence electrons. The fraction of sp³-hybridized carbons (Fsp3) is 0.333. The molecule has 0 bridgehead atoms. The van der Waals surface area contributed by atoms with Crippen molar-refractivity contribution in [3.8, 4) is 17.6 Å². The molecule has 1 aromatic heterocycles. The number of rotatable bonds is 5. The van der Waals surface area contributed by atoms with E-state index in [0.29, 0.717) is 11.2 Å². The van der Waals surface area contributed by atoms with E-state index in [9.17, 15) is 4.79 Å². The van der Waals surface area contributed by atoms with Gasteiger partial charge in [0.05, 0.1) is 11.1 Å². The summed E-state index contributed by atoms with van der Waals surface area (Å²) in [5, 5.41) is 3.76. The van der Waals surface area contributed by atoms with E-state index >= 15 is 0 Å². The summed E-state index contributed by atoms with van der Waals surface area (Å²) in [6, 6.07) is 5.50. The number of aromatic nitrogens is 1. The van der Waals surface area contributed by atoms with E-state index in [-0.39, 0.29) is 5.91 Å². The standard InChI is InChI=1S/C18H18BIN2O2S/c1-5-6-18(2,3)22-16(23)17(25-4)24-13-8-11-7-12(20)10-21-15(11)14(19)9-13/h7-10,17H,1-4H3,(H,22,23). The zero-order chi connectivity index (χ0) is 18.6. The summed E-state index contributed by atoms with van der Waals surface area (Å²) in [6.45, 7) is 5.44. The molecule has 0 aliphatic carbocycles. The van der Waals surface area contributed by atoms with Gasteiger partial charge in [0.25, 0.3) is 5.91 Å². The summed E-state index contributed by atoms with van der Waals surface area (Å²) in [6.07, 6.45) is 3.58. The van der Waals surface area contributed by atoms with Crippen LogP contribution in [0, 0.1) is 15.4 Å². The van der Waals surface area contributed by atoms with Crippen molar-refractivity contribution in [3.05, 3.63) is 28.0 Å². The fourth-order valence-electron chi connectivity index (χ4n) is 2.33. The van der Waals surface area contributed by atoms with Gasteiger partial charge in [-0.25, -0.2) is 0 Å². The van der Waals surface area contributed by atoms with Crippen molar-refractivity contribution in [2.75, 3.05) is 6.26 Å². The Morgan fingerprint density at radius 2 is 2.16 bits per heavy atom. The monoisotopic (exact) mass is 464 g/mol. The van der Waals surface area contributed by atoms with Crippen molar-refractivity contribution in [1.82, 2.24) is 10.3 Å². The van der Waals surface area contributed by atoms with Gasteiger partial charge in [0.15, 0.2) is 0 Å². The molecule has 2 radical (unpaired) electrons. The molecule has 2 aromatic rings. The zero-order valence-corrected chi connectivity index (χ0v) is 17.5. The minimum absolute atomic E-state index is 0.236. The third kappa shape index (κ3) is 5.29. The van der Waals surface area contributed by atoms with Gasteiger partial charge in [0.2, 0.25) is 5.44 Å². The molecule has 0 saturated heterocycles. The molecule has 0 spiro atoms. The second kappa shape index (κ2) is 8.32. The largest absolute Gasteiger partial charge is 0.470 e. The van der Waals surface area contributed by atoms with Crippen LogP contribution in [0.3, 0.4) is 0 Å². The van der Waals surface area contributed by atoms with E-state index in [2.05, 4.69) is 44.7 Å². The normalized spacial score (nSPS) is 12.2. The van der Waals surface area contributed by atoms with Crippen LogP contribution in [-0.4, -0.2) is 36.0 Å². The number of hydrogen-bond donors (Lipinski definition) is 1. The van der Waals surface area contributed by atoms with Gasteiger partial charge in [-0.1, -0.05) is 11.4 Å². The lowest BCUT2D eigenvalue weighted by Crippen LogP contribution is -2.47. The van der Waals surface area contributed by atoms with Crippen LogP contribution in [0.15, 0.2) is 24.4 Å². The average Bonchev–Trinajstić information content (AvgIpc) is 2.51. The first kappa shape index (κ1) is 19.9. The highest BCUT2D eigenvalue weighted by molar-refractivity contribution is 14.1. The minimum Gasteiger partial charge on any atom is -0.470 e. The van der Waals surface area contributed by atoms with Gasteiger partial charge in [0, 0.05) is 15.2 Å². The smallest absolute Gasteiger partial charge is 0.272 e. The van der Waals surface area contributed by atoms with E-state index in [4.69, 9.17) is 12.6 Å². The maximum absolute atomic E-state index is 12.5. The number of carbonyl (C=O) groups excluding carboxylic acids is 1. The predicted octanol–water partition coefficient (Wildman–Crippen LogP) is 2.62. The van der Waals surface area contributed by atoms with Crippen molar-refractivity contribution in [1.29, 1.82) is 0 Å². The van der Waals surface area contributed by atoms with Crippen LogP contribution < -0.4 is 15.5 Å². The maximum Gasteiger partial charge on any atom is 0.272 e. The number of fused-ring (bicyclic) bond motifs is 1. The Hall–Kier alpha value is -1.40. The van der Waals surface area contributed by atoms with Gasteiger partial charge >= 0.3 is 0 Å². The van der Waals surface area contributed by atoms with Crippen LogP contribution >= 0.6 is 34.4 Å². The van der Waals surface area contributed by atoms with Gasteiger partial charge in [0.1, 0.15) is 13.6 Å². The summed E-state index contributed by atoms with van der Waals surface area (Å²) in [5.74, 6) is 6.07. The van der Waals surface area contributed by atoms with Crippen LogP contribution in [0.2, 0.25) is 0 Å². The van der Waals surface area contributed by atoms with Gasteiger partial charge in [-0.15, -0.1) is 17.7 Å². The predicted molar refractivity (Wildman–Crippen MR) is 113 cm³/mol. The summed E-state index contributed by atoms with van der Waals surface area (Å²) >= 11 is 3.50. The number of thioether (sulfide) groups is 1. The van der Waals surface area contributed by atoms with Crippen LogP contribution in [-0.2, 0) is 4.79 Å². The Bertz CT molecular complexity index is 861. The molecular formula is C18H18BIN2O2S. The lowest BCUT2D eigenvalue weighted by molar-refractivity contribution is -0.125. The third-order valence-corrected chi connectivity index (χ3v) is 4.63. The number of carbonyl (C=O) groups is 1. The number of amides is 1. The SMILES string of the molecule is [B]c1cc(OC(SC)C(=O)NC(C)(C)C#CC)cc2cc(I)cnc12. The molecule has 1 heterocycles. The number of nitrogens with one attached hydrogen (secondary N) is 1. The highest BCUT2D eigenvalue weighted by Crippen LogP contribution is 2.22.